The smallest absolute Gasteiger partial charge is 0.265 e. The molecule has 1 aliphatic rings. The van der Waals surface area contributed by atoms with Crippen LogP contribution in [0.15, 0.2) is 48.5 Å². The Morgan fingerprint density at radius 1 is 1.27 bits per heavy atom. The number of amides is 1. The topological polar surface area (TPSA) is 56.8 Å². The van der Waals surface area contributed by atoms with E-state index in [1.165, 1.54) is 0 Å². The van der Waals surface area contributed by atoms with E-state index in [4.69, 9.17) is 25.8 Å². The normalized spacial score (nSPS) is 17.5. The molecule has 1 saturated heterocycles. The Morgan fingerprint density at radius 3 is 2.81 bits per heavy atom. The Morgan fingerprint density at radius 2 is 2.08 bits per heavy atom. The van der Waals surface area contributed by atoms with Crippen LogP contribution in [0.1, 0.15) is 19.8 Å². The maximum Gasteiger partial charge on any atom is 0.265 e. The first-order chi connectivity index (χ1) is 12.6. The fraction of sp³-hybridized carbons (Fsp3) is 0.350. The van der Waals surface area contributed by atoms with Crippen molar-refractivity contribution in [3.8, 4) is 11.5 Å². The Kier molecular flexibility index (Phi) is 6.36. The van der Waals surface area contributed by atoms with Crippen LogP contribution in [0.25, 0.3) is 0 Å². The largest absolute Gasteiger partial charge is 0.491 e. The summed E-state index contributed by atoms with van der Waals surface area (Å²) in [6, 6.07) is 14.2. The Hall–Kier alpha value is -2.24. The third kappa shape index (κ3) is 5.38. The van der Waals surface area contributed by atoms with E-state index < -0.39 is 6.10 Å². The van der Waals surface area contributed by atoms with E-state index >= 15 is 0 Å². The first-order valence-electron chi connectivity index (χ1n) is 8.68. The minimum atomic E-state index is -0.646. The van der Waals surface area contributed by atoms with Gasteiger partial charge in [0.25, 0.3) is 5.91 Å². The molecule has 0 saturated carbocycles. The quantitative estimate of drug-likeness (QED) is 0.783. The highest BCUT2D eigenvalue weighted by atomic mass is 35.5. The Balaban J connectivity index is 1.52. The van der Waals surface area contributed by atoms with Crippen LogP contribution in [0.2, 0.25) is 5.02 Å². The molecule has 0 spiro atoms. The summed E-state index contributed by atoms with van der Waals surface area (Å²) in [4.78, 5) is 12.3. The van der Waals surface area contributed by atoms with E-state index in [0.29, 0.717) is 28.8 Å². The molecule has 2 unspecified atom stereocenters. The predicted octanol–water partition coefficient (Wildman–Crippen LogP) is 4.30. The molecule has 0 aromatic heterocycles. The average Bonchev–Trinajstić information content (AvgIpc) is 3.16. The molecule has 1 heterocycles. The molecule has 1 aliphatic heterocycles. The summed E-state index contributed by atoms with van der Waals surface area (Å²) in [5.41, 5.74) is 0.659. The van der Waals surface area contributed by atoms with Crippen LogP contribution in [-0.2, 0) is 9.53 Å². The third-order valence-electron chi connectivity index (χ3n) is 4.06. The molecule has 0 bridgehead atoms. The molecule has 6 heteroatoms. The van der Waals surface area contributed by atoms with Crippen molar-refractivity contribution < 1.29 is 19.0 Å². The van der Waals surface area contributed by atoms with Crippen LogP contribution in [-0.4, -0.2) is 31.3 Å². The van der Waals surface area contributed by atoms with Gasteiger partial charge < -0.3 is 19.5 Å². The van der Waals surface area contributed by atoms with Crippen molar-refractivity contribution in [2.45, 2.75) is 32.0 Å². The van der Waals surface area contributed by atoms with Gasteiger partial charge in [-0.1, -0.05) is 17.7 Å². The van der Waals surface area contributed by atoms with Crippen molar-refractivity contribution in [1.82, 2.24) is 0 Å². The molecule has 1 amide bonds. The highest BCUT2D eigenvalue weighted by Crippen LogP contribution is 2.21. The second kappa shape index (κ2) is 8.92. The van der Waals surface area contributed by atoms with Gasteiger partial charge in [0.15, 0.2) is 6.10 Å². The van der Waals surface area contributed by atoms with Gasteiger partial charge in [-0.25, -0.2) is 0 Å². The number of nitrogens with one attached hydrogen (secondary N) is 1. The van der Waals surface area contributed by atoms with Crippen LogP contribution in [0, 0.1) is 0 Å². The summed E-state index contributed by atoms with van der Waals surface area (Å²) in [6.07, 6.45) is 1.61. The number of anilines is 1. The summed E-state index contributed by atoms with van der Waals surface area (Å²) < 4.78 is 16.9. The molecule has 138 valence electrons. The molecule has 1 N–H and O–H groups in total. The standard InChI is InChI=1S/C20H22ClNO4/c1-14(26-17-9-7-15(21)8-10-17)20(23)22-16-4-2-5-18(12-16)25-13-19-6-3-11-24-19/h2,4-5,7-10,12,14,19H,3,6,11,13H2,1H3,(H,22,23). The summed E-state index contributed by atoms with van der Waals surface area (Å²) in [6.45, 7) is 3.02. The molecule has 5 nitrogen and oxygen atoms in total. The molecule has 1 fully saturated rings. The third-order valence-corrected chi connectivity index (χ3v) is 4.31. The Labute approximate surface area is 158 Å². The maximum atomic E-state index is 12.3. The van der Waals surface area contributed by atoms with Gasteiger partial charge in [0, 0.05) is 23.4 Å². The van der Waals surface area contributed by atoms with Gasteiger partial charge in [-0.05, 0) is 56.2 Å². The van der Waals surface area contributed by atoms with E-state index in [9.17, 15) is 4.79 Å². The van der Waals surface area contributed by atoms with E-state index in [2.05, 4.69) is 5.32 Å². The van der Waals surface area contributed by atoms with Crippen molar-refractivity contribution in [1.29, 1.82) is 0 Å². The second-order valence-corrected chi connectivity index (χ2v) is 6.61. The highest BCUT2D eigenvalue weighted by molar-refractivity contribution is 6.30. The fourth-order valence-electron chi connectivity index (χ4n) is 2.64. The first kappa shape index (κ1) is 18.5. The lowest BCUT2D eigenvalue weighted by atomic mass is 10.2. The summed E-state index contributed by atoms with van der Waals surface area (Å²) >= 11 is 5.85. The molecule has 0 aliphatic carbocycles. The zero-order chi connectivity index (χ0) is 18.4. The molecular formula is C20H22ClNO4. The van der Waals surface area contributed by atoms with Crippen molar-refractivity contribution in [3.05, 3.63) is 53.6 Å². The molecule has 2 atom stereocenters. The van der Waals surface area contributed by atoms with Gasteiger partial charge in [-0.15, -0.1) is 0 Å². The SMILES string of the molecule is CC(Oc1ccc(Cl)cc1)C(=O)Nc1cccc(OCC2CCCO2)c1. The van der Waals surface area contributed by atoms with Gasteiger partial charge in [0.2, 0.25) is 0 Å². The number of carbonyl (C=O) groups excluding carboxylic acids is 1. The Bertz CT molecular complexity index is 729. The highest BCUT2D eigenvalue weighted by Gasteiger charge is 2.17. The van der Waals surface area contributed by atoms with Crippen LogP contribution in [0.4, 0.5) is 5.69 Å². The van der Waals surface area contributed by atoms with Crippen molar-refractivity contribution >= 4 is 23.2 Å². The van der Waals surface area contributed by atoms with Gasteiger partial charge in [-0.2, -0.15) is 0 Å². The summed E-state index contributed by atoms with van der Waals surface area (Å²) in [5, 5.41) is 3.46. The monoisotopic (exact) mass is 375 g/mol. The van der Waals surface area contributed by atoms with E-state index in [1.54, 1.807) is 37.3 Å². The second-order valence-electron chi connectivity index (χ2n) is 6.18. The van der Waals surface area contributed by atoms with Crippen LogP contribution < -0.4 is 14.8 Å². The number of ether oxygens (including phenoxy) is 3. The van der Waals surface area contributed by atoms with E-state index in [1.807, 2.05) is 18.2 Å². The predicted molar refractivity (Wildman–Crippen MR) is 101 cm³/mol. The van der Waals surface area contributed by atoms with Crippen LogP contribution in [0.5, 0.6) is 11.5 Å². The van der Waals surface area contributed by atoms with Gasteiger partial charge in [0.05, 0.1) is 6.10 Å². The number of carbonyl (C=O) groups is 1. The molecule has 2 aromatic rings. The molecular weight excluding hydrogens is 354 g/mol. The number of hydrogen-bond acceptors (Lipinski definition) is 4. The molecule has 26 heavy (non-hydrogen) atoms. The number of rotatable bonds is 7. The number of halogens is 1. The molecule has 3 rings (SSSR count). The van der Waals surface area contributed by atoms with Gasteiger partial charge in [-0.3, -0.25) is 4.79 Å². The van der Waals surface area contributed by atoms with Gasteiger partial charge >= 0.3 is 0 Å². The number of benzene rings is 2. The zero-order valence-electron chi connectivity index (χ0n) is 14.6. The van der Waals surface area contributed by atoms with Crippen LogP contribution in [0.3, 0.4) is 0 Å². The number of hydrogen-bond donors (Lipinski definition) is 1. The minimum absolute atomic E-state index is 0.154. The summed E-state index contributed by atoms with van der Waals surface area (Å²) in [5.74, 6) is 1.05. The minimum Gasteiger partial charge on any atom is -0.491 e. The van der Waals surface area contributed by atoms with E-state index in [-0.39, 0.29) is 12.0 Å². The average molecular weight is 376 g/mol. The first-order valence-corrected chi connectivity index (χ1v) is 9.05. The molecule has 0 radical (unpaired) electrons. The van der Waals surface area contributed by atoms with Crippen molar-refractivity contribution in [2.75, 3.05) is 18.5 Å². The lowest BCUT2D eigenvalue weighted by molar-refractivity contribution is -0.122. The summed E-state index contributed by atoms with van der Waals surface area (Å²) in [7, 11) is 0. The maximum absolute atomic E-state index is 12.3. The van der Waals surface area contributed by atoms with Gasteiger partial charge in [0.1, 0.15) is 18.1 Å². The fourth-order valence-corrected chi connectivity index (χ4v) is 2.77. The zero-order valence-corrected chi connectivity index (χ0v) is 15.4. The van der Waals surface area contributed by atoms with Crippen molar-refractivity contribution in [2.24, 2.45) is 0 Å². The van der Waals surface area contributed by atoms with Crippen LogP contribution >= 0.6 is 11.6 Å². The van der Waals surface area contributed by atoms with E-state index in [0.717, 1.165) is 19.4 Å². The van der Waals surface area contributed by atoms with Crippen molar-refractivity contribution in [3.63, 3.8) is 0 Å². The molecule has 2 aromatic carbocycles. The lowest BCUT2D eigenvalue weighted by Crippen LogP contribution is -2.30. The lowest BCUT2D eigenvalue weighted by Gasteiger charge is -2.16.